The number of nitrogens with zero attached hydrogens (tertiary/aromatic N) is 3. The Kier molecular flexibility index (Phi) is 4.63. The number of carbonyl (C=O) groups excluding carboxylic acids is 2. The van der Waals surface area contributed by atoms with Crippen molar-refractivity contribution in [1.29, 1.82) is 0 Å². The number of rotatable bonds is 3. The van der Waals surface area contributed by atoms with Gasteiger partial charge in [-0.05, 0) is 24.3 Å². The number of nitrogen functional groups attached to an aromatic ring is 1. The molecule has 0 aliphatic carbocycles. The zero-order chi connectivity index (χ0) is 21.5. The minimum atomic E-state index is -0.481. The Labute approximate surface area is 181 Å². The Hall–Kier alpha value is -3.79. The van der Waals surface area contributed by atoms with E-state index < -0.39 is 6.03 Å². The lowest BCUT2D eigenvalue weighted by molar-refractivity contribution is 0.0998. The highest BCUT2D eigenvalue weighted by Gasteiger charge is 2.29. The largest absolute Gasteiger partial charge is 0.454 e. The number of carbonyl (C=O) groups is 2. The van der Waals surface area contributed by atoms with Gasteiger partial charge in [0.1, 0.15) is 0 Å². The molecule has 10 heteroatoms. The number of aromatic nitrogens is 1. The highest BCUT2D eigenvalue weighted by Crippen LogP contribution is 2.40. The van der Waals surface area contributed by atoms with Crippen LogP contribution in [0.3, 0.4) is 0 Å². The molecular formula is C21H19N5O4S. The van der Waals surface area contributed by atoms with Crippen LogP contribution in [-0.2, 0) is 13.0 Å². The summed E-state index contributed by atoms with van der Waals surface area (Å²) in [6, 6.07) is 11.9. The molecule has 2 aliphatic rings. The summed E-state index contributed by atoms with van der Waals surface area (Å²) >= 11 is 1.27. The molecule has 0 radical (unpaired) electrons. The van der Waals surface area contributed by atoms with Gasteiger partial charge in [-0.15, -0.1) is 11.3 Å². The van der Waals surface area contributed by atoms with Gasteiger partial charge in [0.25, 0.3) is 5.91 Å². The predicted octanol–water partition coefficient (Wildman–Crippen LogP) is 2.87. The van der Waals surface area contributed by atoms with Crippen LogP contribution in [0, 0.1) is 0 Å². The summed E-state index contributed by atoms with van der Waals surface area (Å²) in [5.41, 5.74) is 14.0. The van der Waals surface area contributed by atoms with Gasteiger partial charge in [0, 0.05) is 23.9 Å². The topological polar surface area (TPSA) is 124 Å². The average Bonchev–Trinajstić information content (AvgIpc) is 3.41. The van der Waals surface area contributed by atoms with Crippen molar-refractivity contribution in [2.24, 2.45) is 5.73 Å². The first kappa shape index (κ1) is 19.2. The summed E-state index contributed by atoms with van der Waals surface area (Å²) in [5, 5.41) is 0.317. The molecule has 5 rings (SSSR count). The highest BCUT2D eigenvalue weighted by molar-refractivity contribution is 7.13. The molecule has 3 heterocycles. The van der Waals surface area contributed by atoms with E-state index in [1.165, 1.54) is 16.2 Å². The fourth-order valence-corrected chi connectivity index (χ4v) is 4.71. The van der Waals surface area contributed by atoms with Gasteiger partial charge in [0.2, 0.25) is 6.79 Å². The quantitative estimate of drug-likeness (QED) is 0.607. The van der Waals surface area contributed by atoms with Crippen LogP contribution in [-0.4, -0.2) is 35.2 Å². The lowest BCUT2D eigenvalue weighted by atomic mass is 10.2. The molecule has 0 saturated heterocycles. The monoisotopic (exact) mass is 437 g/mol. The van der Waals surface area contributed by atoms with Crippen LogP contribution in [0.1, 0.15) is 20.4 Å². The fourth-order valence-electron chi connectivity index (χ4n) is 3.65. The number of ether oxygens (including phenoxy) is 2. The number of thiazole rings is 1. The molecule has 2 aromatic carbocycles. The second-order valence-corrected chi connectivity index (χ2v) is 8.22. The van der Waals surface area contributed by atoms with Gasteiger partial charge in [-0.25, -0.2) is 9.78 Å². The summed E-state index contributed by atoms with van der Waals surface area (Å²) in [7, 11) is 0. The molecule has 0 spiro atoms. The zero-order valence-corrected chi connectivity index (χ0v) is 17.2. The molecule has 31 heavy (non-hydrogen) atoms. The van der Waals surface area contributed by atoms with Crippen molar-refractivity contribution < 1.29 is 19.1 Å². The smallest absolute Gasteiger partial charge is 0.315 e. The molecule has 0 saturated carbocycles. The second-order valence-electron chi connectivity index (χ2n) is 7.14. The molecule has 3 amide bonds. The lowest BCUT2D eigenvalue weighted by Crippen LogP contribution is -2.39. The van der Waals surface area contributed by atoms with E-state index in [0.29, 0.717) is 53.1 Å². The summed E-state index contributed by atoms with van der Waals surface area (Å²) in [6.07, 6.45) is 0.555. The summed E-state index contributed by atoms with van der Waals surface area (Å²) in [4.78, 5) is 33.7. The standard InChI is InChI=1S/C21H19N5O4S/c22-13-3-1-2-4-15(13)26(12-5-6-16-17(9-12)30-11-29-16)20(27)19-24-14-7-8-25(21(23)28)10-18(14)31-19/h1-6,9H,7-8,10-11,22H2,(H2,23,28). The van der Waals surface area contributed by atoms with Crippen LogP contribution >= 0.6 is 11.3 Å². The zero-order valence-electron chi connectivity index (χ0n) is 16.4. The molecule has 4 N–H and O–H groups in total. The normalized spacial score (nSPS) is 14.3. The third-order valence-electron chi connectivity index (χ3n) is 5.22. The Morgan fingerprint density at radius 1 is 1.13 bits per heavy atom. The van der Waals surface area contributed by atoms with Crippen molar-refractivity contribution in [2.45, 2.75) is 13.0 Å². The first-order valence-electron chi connectivity index (χ1n) is 9.63. The number of para-hydroxylation sites is 2. The number of benzene rings is 2. The molecule has 0 fully saturated rings. The van der Waals surface area contributed by atoms with Crippen LogP contribution in [0.5, 0.6) is 11.5 Å². The molecule has 1 aromatic heterocycles. The number of primary amides is 1. The van der Waals surface area contributed by atoms with Crippen molar-refractivity contribution >= 4 is 40.3 Å². The average molecular weight is 437 g/mol. The summed E-state index contributed by atoms with van der Waals surface area (Å²) in [5.74, 6) is 0.857. The molecule has 0 atom stereocenters. The third kappa shape index (κ3) is 3.40. The molecule has 158 valence electrons. The lowest BCUT2D eigenvalue weighted by Gasteiger charge is -2.23. The van der Waals surface area contributed by atoms with Crippen molar-refractivity contribution in [3.8, 4) is 11.5 Å². The number of nitrogens with two attached hydrogens (primary N) is 2. The van der Waals surface area contributed by atoms with Crippen LogP contribution in [0.25, 0.3) is 0 Å². The van der Waals surface area contributed by atoms with Gasteiger partial charge < -0.3 is 25.8 Å². The van der Waals surface area contributed by atoms with E-state index in [0.717, 1.165) is 10.6 Å². The Balaban J connectivity index is 1.56. The predicted molar refractivity (Wildman–Crippen MR) is 116 cm³/mol. The van der Waals surface area contributed by atoms with Crippen LogP contribution < -0.4 is 25.8 Å². The maximum atomic E-state index is 13.7. The number of hydrogen-bond acceptors (Lipinski definition) is 7. The van der Waals surface area contributed by atoms with E-state index in [-0.39, 0.29) is 12.7 Å². The van der Waals surface area contributed by atoms with E-state index in [2.05, 4.69) is 4.98 Å². The molecule has 2 aliphatic heterocycles. The minimum Gasteiger partial charge on any atom is -0.454 e. The molecule has 9 nitrogen and oxygen atoms in total. The SMILES string of the molecule is NC(=O)N1CCc2nc(C(=O)N(c3ccc4c(c3)OCO4)c3ccccc3N)sc2C1. The van der Waals surface area contributed by atoms with Gasteiger partial charge in [-0.2, -0.15) is 0 Å². The van der Waals surface area contributed by atoms with Crippen molar-refractivity contribution in [1.82, 2.24) is 9.88 Å². The Morgan fingerprint density at radius 2 is 1.94 bits per heavy atom. The second kappa shape index (κ2) is 7.47. The fraction of sp³-hybridized carbons (Fsp3) is 0.190. The number of amides is 3. The number of urea groups is 1. The van der Waals surface area contributed by atoms with E-state index in [1.54, 1.807) is 35.2 Å². The molecule has 0 unspecified atom stereocenters. The molecular weight excluding hydrogens is 418 g/mol. The van der Waals surface area contributed by atoms with Crippen LogP contribution in [0.15, 0.2) is 42.5 Å². The summed E-state index contributed by atoms with van der Waals surface area (Å²) < 4.78 is 10.9. The van der Waals surface area contributed by atoms with E-state index in [1.807, 2.05) is 12.1 Å². The van der Waals surface area contributed by atoms with Gasteiger partial charge in [0.15, 0.2) is 16.5 Å². The number of hydrogen-bond donors (Lipinski definition) is 2. The van der Waals surface area contributed by atoms with Crippen molar-refractivity contribution in [3.05, 3.63) is 58.0 Å². The van der Waals surface area contributed by atoms with E-state index in [9.17, 15) is 9.59 Å². The maximum absolute atomic E-state index is 13.7. The minimum absolute atomic E-state index is 0.135. The maximum Gasteiger partial charge on any atom is 0.315 e. The Bertz CT molecular complexity index is 1190. The molecule has 3 aromatic rings. The third-order valence-corrected chi connectivity index (χ3v) is 6.29. The van der Waals surface area contributed by atoms with Gasteiger partial charge in [-0.3, -0.25) is 9.69 Å². The number of fused-ring (bicyclic) bond motifs is 2. The first-order valence-corrected chi connectivity index (χ1v) is 10.4. The van der Waals surface area contributed by atoms with Crippen molar-refractivity contribution in [2.75, 3.05) is 24.0 Å². The highest BCUT2D eigenvalue weighted by atomic mass is 32.1. The van der Waals surface area contributed by atoms with E-state index >= 15 is 0 Å². The number of anilines is 3. The van der Waals surface area contributed by atoms with Gasteiger partial charge >= 0.3 is 6.03 Å². The van der Waals surface area contributed by atoms with Gasteiger partial charge in [-0.1, -0.05) is 12.1 Å². The summed E-state index contributed by atoms with van der Waals surface area (Å²) in [6.45, 7) is 0.972. The first-order chi connectivity index (χ1) is 15.0. The molecule has 0 bridgehead atoms. The van der Waals surface area contributed by atoms with Gasteiger partial charge in [0.05, 0.1) is 29.3 Å². The van der Waals surface area contributed by atoms with Crippen molar-refractivity contribution in [3.63, 3.8) is 0 Å². The Morgan fingerprint density at radius 3 is 2.74 bits per heavy atom. The van der Waals surface area contributed by atoms with E-state index in [4.69, 9.17) is 20.9 Å². The van der Waals surface area contributed by atoms with Crippen LogP contribution in [0.4, 0.5) is 21.9 Å². The van der Waals surface area contributed by atoms with Crippen LogP contribution in [0.2, 0.25) is 0 Å².